The number of thioether (sulfide) groups is 1. The van der Waals surface area contributed by atoms with Gasteiger partial charge in [-0.15, -0.1) is 11.8 Å². The highest BCUT2D eigenvalue weighted by molar-refractivity contribution is 8.10. The fourth-order valence-corrected chi connectivity index (χ4v) is 5.85. The first kappa shape index (κ1) is 14.1. The number of hydrogen-bond acceptors (Lipinski definition) is 2. The maximum atomic E-state index is 12.5. The van der Waals surface area contributed by atoms with Crippen LogP contribution in [0, 0.1) is 5.92 Å². The van der Waals surface area contributed by atoms with Crippen LogP contribution in [0.15, 0.2) is 30.3 Å². The fraction of sp³-hybridized carbons (Fsp3) is 0.600. The monoisotopic (exact) mass is 282 g/mol. The minimum atomic E-state index is -0.743. The van der Waals surface area contributed by atoms with E-state index in [4.69, 9.17) is 0 Å². The summed E-state index contributed by atoms with van der Waals surface area (Å²) in [4.78, 5) is 0. The van der Waals surface area contributed by atoms with Crippen molar-refractivity contribution in [3.8, 4) is 0 Å². The Balaban J connectivity index is 1.96. The van der Waals surface area contributed by atoms with E-state index >= 15 is 0 Å². The van der Waals surface area contributed by atoms with Gasteiger partial charge in [-0.3, -0.25) is 4.21 Å². The van der Waals surface area contributed by atoms with E-state index in [0.29, 0.717) is 16.3 Å². The Morgan fingerprint density at radius 3 is 2.50 bits per heavy atom. The molecule has 1 aromatic carbocycles. The van der Waals surface area contributed by atoms with Crippen molar-refractivity contribution in [1.82, 2.24) is 0 Å². The van der Waals surface area contributed by atoms with E-state index in [1.807, 2.05) is 18.2 Å². The number of hydrogen-bond donors (Lipinski definition) is 0. The molecule has 3 heteroatoms. The Kier molecular flexibility index (Phi) is 5.77. The average Bonchev–Trinajstić information content (AvgIpc) is 2.42. The van der Waals surface area contributed by atoms with Gasteiger partial charge in [0.25, 0.3) is 0 Å². The molecule has 0 radical (unpaired) electrons. The summed E-state index contributed by atoms with van der Waals surface area (Å²) in [6.07, 6.45) is 8.66. The van der Waals surface area contributed by atoms with Crippen molar-refractivity contribution < 1.29 is 4.21 Å². The first-order chi connectivity index (χ1) is 8.81. The predicted octanol–water partition coefficient (Wildman–Crippen LogP) is 4.20. The second-order valence-corrected chi connectivity index (χ2v) is 7.85. The molecule has 0 bridgehead atoms. The van der Waals surface area contributed by atoms with E-state index in [1.54, 1.807) is 11.8 Å². The minimum absolute atomic E-state index is 0.325. The molecule has 1 aliphatic rings. The van der Waals surface area contributed by atoms with Crippen LogP contribution in [0.1, 0.15) is 37.7 Å². The van der Waals surface area contributed by atoms with Crippen LogP contribution in [-0.2, 0) is 16.6 Å². The smallest absolute Gasteiger partial charge is 0.0830 e. The van der Waals surface area contributed by atoms with E-state index in [0.717, 1.165) is 0 Å². The Bertz CT molecular complexity index is 371. The maximum Gasteiger partial charge on any atom is 0.0830 e. The lowest BCUT2D eigenvalue weighted by molar-refractivity contribution is 0.378. The molecule has 18 heavy (non-hydrogen) atoms. The molecule has 0 amide bonds. The summed E-state index contributed by atoms with van der Waals surface area (Å²) >= 11 is 1.80. The Morgan fingerprint density at radius 2 is 1.89 bits per heavy atom. The summed E-state index contributed by atoms with van der Waals surface area (Å²) in [6.45, 7) is 0. The van der Waals surface area contributed by atoms with E-state index in [-0.39, 0.29) is 0 Å². The normalized spacial score (nSPS) is 20.5. The van der Waals surface area contributed by atoms with Crippen molar-refractivity contribution in [2.24, 2.45) is 5.92 Å². The van der Waals surface area contributed by atoms with E-state index < -0.39 is 10.8 Å². The molecule has 0 aromatic heterocycles. The van der Waals surface area contributed by atoms with Gasteiger partial charge in [0.1, 0.15) is 0 Å². The van der Waals surface area contributed by atoms with Crippen molar-refractivity contribution in [3.63, 3.8) is 0 Å². The molecule has 0 N–H and O–H groups in total. The SMILES string of the molecule is CSC(C1CCCCC1)S(=O)Cc1ccccc1. The van der Waals surface area contributed by atoms with Gasteiger partial charge in [-0.05, 0) is 30.6 Å². The number of benzene rings is 1. The second-order valence-electron chi connectivity index (χ2n) is 5.01. The molecule has 1 aliphatic carbocycles. The molecule has 0 spiro atoms. The van der Waals surface area contributed by atoms with Crippen LogP contribution in [0.3, 0.4) is 0 Å². The highest BCUT2D eigenvalue weighted by Crippen LogP contribution is 2.34. The molecule has 1 nitrogen and oxygen atoms in total. The molecule has 100 valence electrons. The van der Waals surface area contributed by atoms with E-state index in [9.17, 15) is 4.21 Å². The fourth-order valence-electron chi connectivity index (χ4n) is 2.74. The largest absolute Gasteiger partial charge is 0.258 e. The molecule has 2 rings (SSSR count). The predicted molar refractivity (Wildman–Crippen MR) is 82.2 cm³/mol. The molecule has 1 fully saturated rings. The summed E-state index contributed by atoms with van der Waals surface area (Å²) < 4.78 is 12.9. The average molecular weight is 282 g/mol. The Labute approximate surface area is 117 Å². The lowest BCUT2D eigenvalue weighted by Gasteiger charge is -2.28. The van der Waals surface area contributed by atoms with Crippen molar-refractivity contribution in [2.75, 3.05) is 6.26 Å². The third-order valence-electron chi connectivity index (χ3n) is 3.68. The lowest BCUT2D eigenvalue weighted by atomic mass is 9.91. The van der Waals surface area contributed by atoms with Crippen molar-refractivity contribution in [2.45, 2.75) is 42.4 Å². The summed E-state index contributed by atoms with van der Waals surface area (Å²) in [5.74, 6) is 1.38. The van der Waals surface area contributed by atoms with Gasteiger partial charge in [0.2, 0.25) is 0 Å². The number of rotatable bonds is 5. The van der Waals surface area contributed by atoms with Gasteiger partial charge in [0.15, 0.2) is 0 Å². The summed E-state index contributed by atoms with van der Waals surface area (Å²) in [5.41, 5.74) is 1.20. The van der Waals surface area contributed by atoms with Crippen molar-refractivity contribution in [1.29, 1.82) is 0 Å². The van der Waals surface area contributed by atoms with Crippen LogP contribution < -0.4 is 0 Å². The van der Waals surface area contributed by atoms with Crippen molar-refractivity contribution in [3.05, 3.63) is 35.9 Å². The quantitative estimate of drug-likeness (QED) is 0.805. The standard InChI is InChI=1S/C15H22OS2/c1-17-15(14-10-6-3-7-11-14)18(16)12-13-8-4-2-5-9-13/h2,4-5,8-9,14-15H,3,6-7,10-12H2,1H3. The van der Waals surface area contributed by atoms with Gasteiger partial charge in [0.05, 0.1) is 4.58 Å². The van der Waals surface area contributed by atoms with Crippen LogP contribution in [-0.4, -0.2) is 15.0 Å². The second kappa shape index (κ2) is 7.34. The first-order valence-electron chi connectivity index (χ1n) is 6.75. The third kappa shape index (κ3) is 3.86. The first-order valence-corrected chi connectivity index (χ1v) is 9.42. The van der Waals surface area contributed by atoms with Gasteiger partial charge in [-0.1, -0.05) is 49.6 Å². The molecular formula is C15H22OS2. The molecular weight excluding hydrogens is 260 g/mol. The highest BCUT2D eigenvalue weighted by Gasteiger charge is 2.27. The van der Waals surface area contributed by atoms with E-state index in [2.05, 4.69) is 18.4 Å². The highest BCUT2D eigenvalue weighted by atomic mass is 32.2. The van der Waals surface area contributed by atoms with Crippen LogP contribution in [0.5, 0.6) is 0 Å². The van der Waals surface area contributed by atoms with Crippen LogP contribution in [0.4, 0.5) is 0 Å². The molecule has 1 saturated carbocycles. The molecule has 1 aromatic rings. The van der Waals surface area contributed by atoms with E-state index in [1.165, 1.54) is 37.7 Å². The summed E-state index contributed by atoms with van der Waals surface area (Å²) in [6, 6.07) is 10.2. The molecule has 0 saturated heterocycles. The maximum absolute atomic E-state index is 12.5. The van der Waals surface area contributed by atoms with Gasteiger partial charge in [-0.2, -0.15) is 0 Å². The van der Waals surface area contributed by atoms with Gasteiger partial charge in [0, 0.05) is 16.6 Å². The zero-order valence-corrected chi connectivity index (χ0v) is 12.6. The minimum Gasteiger partial charge on any atom is -0.258 e. The van der Waals surface area contributed by atoms with Gasteiger partial charge < -0.3 is 0 Å². The topological polar surface area (TPSA) is 17.1 Å². The van der Waals surface area contributed by atoms with Crippen LogP contribution in [0.25, 0.3) is 0 Å². The molecule has 0 heterocycles. The van der Waals surface area contributed by atoms with Crippen molar-refractivity contribution >= 4 is 22.6 Å². The molecule has 2 atom stereocenters. The van der Waals surface area contributed by atoms with Crippen LogP contribution in [0.2, 0.25) is 0 Å². The lowest BCUT2D eigenvalue weighted by Crippen LogP contribution is -2.25. The summed E-state index contributed by atoms with van der Waals surface area (Å²) in [5, 5.41) is 0. The third-order valence-corrected chi connectivity index (χ3v) is 7.27. The summed E-state index contributed by atoms with van der Waals surface area (Å²) in [7, 11) is -0.743. The van der Waals surface area contributed by atoms with Gasteiger partial charge >= 0.3 is 0 Å². The Hall–Kier alpha value is -0.280. The van der Waals surface area contributed by atoms with Gasteiger partial charge in [-0.25, -0.2) is 0 Å². The Morgan fingerprint density at radius 1 is 1.22 bits per heavy atom. The van der Waals surface area contributed by atoms with Crippen LogP contribution >= 0.6 is 11.8 Å². The zero-order chi connectivity index (χ0) is 12.8. The molecule has 2 unspecified atom stereocenters. The molecule has 0 aliphatic heterocycles. The zero-order valence-electron chi connectivity index (χ0n) is 11.0.